The van der Waals surface area contributed by atoms with Crippen LogP contribution in [0.15, 0.2) is 30.6 Å². The zero-order valence-corrected chi connectivity index (χ0v) is 17.8. The molecule has 1 aliphatic heterocycles. The van der Waals surface area contributed by atoms with Gasteiger partial charge in [0, 0.05) is 23.4 Å². The zero-order chi connectivity index (χ0) is 20.8. The third-order valence-corrected chi connectivity index (χ3v) is 6.95. The maximum Gasteiger partial charge on any atom is 0.0927 e. The normalized spacial score (nSPS) is 23.5. The monoisotopic (exact) mass is 418 g/mol. The summed E-state index contributed by atoms with van der Waals surface area (Å²) in [6.45, 7) is 2.33. The molecule has 1 aromatic carbocycles. The van der Waals surface area contributed by atoms with Gasteiger partial charge in [-0.2, -0.15) is 5.10 Å². The molecule has 0 atom stereocenters. The molecule has 3 heterocycles. The fraction of sp³-hybridized carbons (Fsp3) is 0.542. The van der Waals surface area contributed by atoms with Crippen molar-refractivity contribution in [2.24, 2.45) is 11.7 Å². The van der Waals surface area contributed by atoms with Gasteiger partial charge in [-0.3, -0.25) is 9.67 Å². The molecule has 3 aromatic rings. The van der Waals surface area contributed by atoms with Crippen molar-refractivity contribution in [2.45, 2.75) is 56.5 Å². The van der Waals surface area contributed by atoms with Crippen LogP contribution in [0.25, 0.3) is 22.3 Å². The molecule has 162 valence electrons. The maximum atomic E-state index is 5.67. The Morgan fingerprint density at radius 3 is 2.77 bits per heavy atom. The standard InChI is InChI=1S/C24H30N6O/c25-7-1-2-15-8-19(9-15)30-12-20(24(29-30)16-3-4-16)23-11-26-21-6-5-17(10-22(21)28-23)27-18-13-31-14-18/h5-6,10-12,15-16,18-19,27H,1-4,7-9,13-14,25H2. The number of aromatic nitrogens is 4. The van der Waals surface area contributed by atoms with Crippen LogP contribution in [0.1, 0.15) is 56.2 Å². The van der Waals surface area contributed by atoms with Gasteiger partial charge in [0.05, 0.1) is 53.9 Å². The first kappa shape index (κ1) is 19.2. The Kier molecular flexibility index (Phi) is 4.88. The quantitative estimate of drug-likeness (QED) is 0.577. The number of anilines is 1. The highest BCUT2D eigenvalue weighted by Gasteiger charge is 2.35. The van der Waals surface area contributed by atoms with Crippen molar-refractivity contribution in [2.75, 3.05) is 25.1 Å². The van der Waals surface area contributed by atoms with Crippen molar-refractivity contribution in [3.05, 3.63) is 36.3 Å². The molecule has 1 saturated heterocycles. The largest absolute Gasteiger partial charge is 0.378 e. The van der Waals surface area contributed by atoms with Crippen LogP contribution in [0.3, 0.4) is 0 Å². The summed E-state index contributed by atoms with van der Waals surface area (Å²) in [5.74, 6) is 1.38. The average Bonchev–Trinajstić information content (AvgIpc) is 3.48. The van der Waals surface area contributed by atoms with Crippen LogP contribution in [0.2, 0.25) is 0 Å². The third kappa shape index (κ3) is 3.81. The minimum atomic E-state index is 0.393. The third-order valence-electron chi connectivity index (χ3n) is 6.95. The summed E-state index contributed by atoms with van der Waals surface area (Å²) in [5.41, 5.74) is 11.9. The molecule has 0 bridgehead atoms. The summed E-state index contributed by atoms with van der Waals surface area (Å²) in [7, 11) is 0. The van der Waals surface area contributed by atoms with E-state index >= 15 is 0 Å². The van der Waals surface area contributed by atoms with Gasteiger partial charge in [0.25, 0.3) is 0 Å². The van der Waals surface area contributed by atoms with Gasteiger partial charge in [-0.25, -0.2) is 4.98 Å². The van der Waals surface area contributed by atoms with Gasteiger partial charge in [-0.1, -0.05) is 0 Å². The van der Waals surface area contributed by atoms with Crippen LogP contribution in [0.4, 0.5) is 5.69 Å². The average molecular weight is 419 g/mol. The summed E-state index contributed by atoms with van der Waals surface area (Å²) < 4.78 is 7.48. The molecule has 2 aromatic heterocycles. The molecule has 3 aliphatic rings. The Balaban J connectivity index is 1.27. The number of nitrogens with one attached hydrogen (secondary N) is 1. The SMILES string of the molecule is NCCCC1CC(n2cc(-c3cnc4ccc(NC5COC5)cc4n3)c(C3CC3)n2)C1. The van der Waals surface area contributed by atoms with Crippen molar-refractivity contribution in [1.29, 1.82) is 0 Å². The fourth-order valence-corrected chi connectivity index (χ4v) is 4.79. The Hall–Kier alpha value is -2.51. The number of nitrogens with two attached hydrogens (primary N) is 1. The molecule has 0 radical (unpaired) electrons. The van der Waals surface area contributed by atoms with E-state index < -0.39 is 0 Å². The predicted octanol–water partition coefficient (Wildman–Crippen LogP) is 3.87. The Morgan fingerprint density at radius 1 is 1.16 bits per heavy atom. The molecule has 7 heteroatoms. The molecule has 31 heavy (non-hydrogen) atoms. The predicted molar refractivity (Wildman–Crippen MR) is 121 cm³/mol. The molecule has 7 nitrogen and oxygen atoms in total. The van der Waals surface area contributed by atoms with Crippen LogP contribution in [-0.4, -0.2) is 45.5 Å². The Bertz CT molecular complexity index is 1080. The summed E-state index contributed by atoms with van der Waals surface area (Å²) in [5, 5.41) is 8.54. The van der Waals surface area contributed by atoms with E-state index in [2.05, 4.69) is 28.3 Å². The Morgan fingerprint density at radius 2 is 2.03 bits per heavy atom. The molecular weight excluding hydrogens is 388 g/mol. The van der Waals surface area contributed by atoms with Gasteiger partial charge in [0.1, 0.15) is 0 Å². The Labute approximate surface area is 182 Å². The number of rotatable bonds is 8. The van der Waals surface area contributed by atoms with Crippen molar-refractivity contribution in [3.63, 3.8) is 0 Å². The highest BCUT2D eigenvalue weighted by atomic mass is 16.5. The van der Waals surface area contributed by atoms with E-state index in [0.29, 0.717) is 18.0 Å². The first-order valence-corrected chi connectivity index (χ1v) is 11.7. The lowest BCUT2D eigenvalue weighted by Crippen LogP contribution is -2.40. The number of nitrogens with zero attached hydrogens (tertiary/aromatic N) is 4. The van der Waals surface area contributed by atoms with Gasteiger partial charge < -0.3 is 15.8 Å². The topological polar surface area (TPSA) is 90.9 Å². The summed E-state index contributed by atoms with van der Waals surface area (Å²) in [6.07, 6.45) is 11.4. The van der Waals surface area contributed by atoms with Gasteiger partial charge in [-0.15, -0.1) is 0 Å². The molecule has 3 N–H and O–H groups in total. The molecule has 2 aliphatic carbocycles. The molecule has 2 saturated carbocycles. The van der Waals surface area contributed by atoms with E-state index in [0.717, 1.165) is 60.1 Å². The molecule has 3 fully saturated rings. The summed E-state index contributed by atoms with van der Waals surface area (Å²) in [4.78, 5) is 9.70. The van der Waals surface area contributed by atoms with Gasteiger partial charge >= 0.3 is 0 Å². The van der Waals surface area contributed by atoms with E-state index in [-0.39, 0.29) is 0 Å². The minimum Gasteiger partial charge on any atom is -0.378 e. The number of hydrogen-bond acceptors (Lipinski definition) is 6. The second-order valence-electron chi connectivity index (χ2n) is 9.44. The van der Waals surface area contributed by atoms with Crippen LogP contribution >= 0.6 is 0 Å². The lowest BCUT2D eigenvalue weighted by molar-refractivity contribution is 0.0211. The van der Waals surface area contributed by atoms with E-state index in [9.17, 15) is 0 Å². The summed E-state index contributed by atoms with van der Waals surface area (Å²) in [6, 6.07) is 7.11. The van der Waals surface area contributed by atoms with Crippen LogP contribution < -0.4 is 11.1 Å². The number of ether oxygens (including phenoxy) is 1. The summed E-state index contributed by atoms with van der Waals surface area (Å²) >= 11 is 0. The molecule has 6 rings (SSSR count). The van der Waals surface area contributed by atoms with Crippen molar-refractivity contribution >= 4 is 16.7 Å². The highest BCUT2D eigenvalue weighted by molar-refractivity contribution is 5.81. The lowest BCUT2D eigenvalue weighted by Gasteiger charge is -2.35. The number of benzene rings is 1. The van der Waals surface area contributed by atoms with Crippen LogP contribution in [0, 0.1) is 5.92 Å². The lowest BCUT2D eigenvalue weighted by atomic mass is 9.77. The molecule has 0 amide bonds. The van der Waals surface area contributed by atoms with E-state index in [1.165, 1.54) is 37.8 Å². The van der Waals surface area contributed by atoms with E-state index in [1.54, 1.807) is 0 Å². The smallest absolute Gasteiger partial charge is 0.0927 e. The fourth-order valence-electron chi connectivity index (χ4n) is 4.79. The van der Waals surface area contributed by atoms with Gasteiger partial charge in [0.2, 0.25) is 0 Å². The number of fused-ring (bicyclic) bond motifs is 1. The van der Waals surface area contributed by atoms with Crippen molar-refractivity contribution in [3.8, 4) is 11.3 Å². The van der Waals surface area contributed by atoms with Crippen molar-refractivity contribution < 1.29 is 4.74 Å². The van der Waals surface area contributed by atoms with Gasteiger partial charge in [-0.05, 0) is 69.2 Å². The van der Waals surface area contributed by atoms with Crippen LogP contribution in [-0.2, 0) is 4.74 Å². The molecule has 0 unspecified atom stereocenters. The highest BCUT2D eigenvalue weighted by Crippen LogP contribution is 2.46. The second-order valence-corrected chi connectivity index (χ2v) is 9.44. The zero-order valence-electron chi connectivity index (χ0n) is 17.8. The molecule has 0 spiro atoms. The van der Waals surface area contributed by atoms with E-state index in [4.69, 9.17) is 25.5 Å². The number of hydrogen-bond donors (Lipinski definition) is 2. The van der Waals surface area contributed by atoms with Crippen molar-refractivity contribution in [1.82, 2.24) is 19.7 Å². The van der Waals surface area contributed by atoms with Crippen LogP contribution in [0.5, 0.6) is 0 Å². The second kappa shape index (κ2) is 7.88. The molecular formula is C24H30N6O. The first-order chi connectivity index (χ1) is 15.3. The maximum absolute atomic E-state index is 5.67. The van der Waals surface area contributed by atoms with Gasteiger partial charge in [0.15, 0.2) is 0 Å². The minimum absolute atomic E-state index is 0.393. The first-order valence-electron chi connectivity index (χ1n) is 11.7. The van der Waals surface area contributed by atoms with E-state index in [1.807, 2.05) is 12.3 Å².